The van der Waals surface area contributed by atoms with Crippen molar-refractivity contribution in [1.29, 1.82) is 0 Å². The topological polar surface area (TPSA) is 193 Å². The van der Waals surface area contributed by atoms with Crippen molar-refractivity contribution < 1.29 is 35.9 Å². The summed E-state index contributed by atoms with van der Waals surface area (Å²) in [6.07, 6.45) is 1.75. The lowest BCUT2D eigenvalue weighted by Gasteiger charge is -2.08. The van der Waals surface area contributed by atoms with Crippen LogP contribution in [0.4, 0.5) is 0 Å². The quantitative estimate of drug-likeness (QED) is 0.236. The summed E-state index contributed by atoms with van der Waals surface area (Å²) in [7, 11) is -7.37. The minimum absolute atomic E-state index is 0.116. The molecule has 0 radical (unpaired) electrons. The van der Waals surface area contributed by atoms with E-state index >= 15 is 0 Å². The highest BCUT2D eigenvalue weighted by molar-refractivity contribution is 7.89. The van der Waals surface area contributed by atoms with Crippen LogP contribution >= 0.6 is 0 Å². The summed E-state index contributed by atoms with van der Waals surface area (Å²) in [5, 5.41) is 18.1. The van der Waals surface area contributed by atoms with E-state index in [0.717, 1.165) is 24.7 Å². The van der Waals surface area contributed by atoms with Crippen molar-refractivity contribution >= 4 is 20.0 Å². The summed E-state index contributed by atoms with van der Waals surface area (Å²) >= 11 is 0. The van der Waals surface area contributed by atoms with Crippen LogP contribution in [0.15, 0.2) is 101 Å². The summed E-state index contributed by atoms with van der Waals surface area (Å²) in [6.45, 7) is 3.03. The Morgan fingerprint density at radius 2 is 1.00 bits per heavy atom. The highest BCUT2D eigenvalue weighted by atomic mass is 32.2. The SMILES string of the molecule is Cc1ccccc1S(=O)(=O)NCc1cc(=O)c(O)co1.Cc1ccccc1S(=O)(=O)NCc1cc(=O)c(O)co1. The Balaban J connectivity index is 0.000000220. The Morgan fingerprint density at radius 1 is 0.650 bits per heavy atom. The number of sulfonamides is 2. The van der Waals surface area contributed by atoms with Gasteiger partial charge in [0.1, 0.15) is 24.0 Å². The lowest BCUT2D eigenvalue weighted by Crippen LogP contribution is -2.24. The fourth-order valence-electron chi connectivity index (χ4n) is 3.28. The van der Waals surface area contributed by atoms with E-state index in [9.17, 15) is 26.4 Å². The molecule has 0 bridgehead atoms. The van der Waals surface area contributed by atoms with E-state index in [1.165, 1.54) is 12.1 Å². The first-order valence-corrected chi connectivity index (χ1v) is 14.5. The molecule has 4 N–H and O–H groups in total. The predicted molar refractivity (Wildman–Crippen MR) is 144 cm³/mol. The molecule has 0 unspecified atom stereocenters. The van der Waals surface area contributed by atoms with Gasteiger partial charge in [0.2, 0.25) is 30.9 Å². The molecule has 0 aliphatic carbocycles. The average Bonchev–Trinajstić information content (AvgIpc) is 2.91. The standard InChI is InChI=1S/2C13H13NO5S/c2*1-9-4-2-3-5-13(9)20(17,18)14-7-10-6-11(15)12(16)8-19-10/h2*2-6,8,14,16H,7H2,1H3. The van der Waals surface area contributed by atoms with Crippen LogP contribution in [0.5, 0.6) is 11.5 Å². The molecule has 2 aromatic carbocycles. The number of benzene rings is 2. The second kappa shape index (κ2) is 12.7. The van der Waals surface area contributed by atoms with E-state index in [1.807, 2.05) is 0 Å². The minimum atomic E-state index is -3.69. The lowest BCUT2D eigenvalue weighted by molar-refractivity contribution is 0.411. The van der Waals surface area contributed by atoms with Crippen molar-refractivity contribution in [3.8, 4) is 11.5 Å². The first kappa shape index (κ1) is 30.3. The number of aryl methyl sites for hydroxylation is 2. The van der Waals surface area contributed by atoms with Crippen molar-refractivity contribution in [2.75, 3.05) is 0 Å². The summed E-state index contributed by atoms with van der Waals surface area (Å²) < 4.78 is 62.9. The maximum Gasteiger partial charge on any atom is 0.241 e. The van der Waals surface area contributed by atoms with Crippen molar-refractivity contribution in [3.63, 3.8) is 0 Å². The fraction of sp³-hybridized carbons (Fsp3) is 0.154. The predicted octanol–water partition coefficient (Wildman–Crippen LogP) is 2.26. The highest BCUT2D eigenvalue weighted by Gasteiger charge is 2.17. The van der Waals surface area contributed by atoms with E-state index in [-0.39, 0.29) is 34.4 Å². The highest BCUT2D eigenvalue weighted by Crippen LogP contribution is 2.15. The minimum Gasteiger partial charge on any atom is -0.502 e. The first-order valence-electron chi connectivity index (χ1n) is 11.5. The molecular weight excluding hydrogens is 564 g/mol. The average molecular weight is 591 g/mol. The van der Waals surface area contributed by atoms with Gasteiger partial charge in [0.25, 0.3) is 0 Å². The largest absolute Gasteiger partial charge is 0.502 e. The van der Waals surface area contributed by atoms with Gasteiger partial charge in [0, 0.05) is 12.1 Å². The van der Waals surface area contributed by atoms with Crippen LogP contribution in [0.2, 0.25) is 0 Å². The number of rotatable bonds is 8. The van der Waals surface area contributed by atoms with E-state index in [2.05, 4.69) is 9.44 Å². The molecule has 0 amide bonds. The molecule has 14 heteroatoms. The van der Waals surface area contributed by atoms with Crippen molar-refractivity contribution in [2.24, 2.45) is 0 Å². The number of hydrogen-bond donors (Lipinski definition) is 4. The fourth-order valence-corrected chi connectivity index (χ4v) is 5.75. The normalized spacial score (nSPS) is 11.4. The molecule has 0 spiro atoms. The molecular formula is C26H26N2O10S2. The van der Waals surface area contributed by atoms with Crippen LogP contribution in [0.1, 0.15) is 22.6 Å². The van der Waals surface area contributed by atoms with Gasteiger partial charge in [-0.15, -0.1) is 0 Å². The van der Waals surface area contributed by atoms with E-state index in [1.54, 1.807) is 50.2 Å². The molecule has 12 nitrogen and oxygen atoms in total. The molecule has 0 aliphatic rings. The zero-order valence-electron chi connectivity index (χ0n) is 21.3. The van der Waals surface area contributed by atoms with Gasteiger partial charge in [-0.3, -0.25) is 9.59 Å². The smallest absolute Gasteiger partial charge is 0.241 e. The van der Waals surface area contributed by atoms with Crippen LogP contribution < -0.4 is 20.3 Å². The molecule has 0 fully saturated rings. The van der Waals surface area contributed by atoms with Gasteiger partial charge in [-0.1, -0.05) is 36.4 Å². The molecule has 2 heterocycles. The molecule has 0 atom stereocenters. The number of nitrogens with one attached hydrogen (secondary N) is 2. The molecule has 0 aliphatic heterocycles. The summed E-state index contributed by atoms with van der Waals surface area (Å²) in [5.41, 5.74) is -0.0120. The Morgan fingerprint density at radius 3 is 1.32 bits per heavy atom. The third-order valence-electron chi connectivity index (χ3n) is 5.37. The van der Waals surface area contributed by atoms with Gasteiger partial charge in [0.15, 0.2) is 11.5 Å². The first-order chi connectivity index (χ1) is 18.8. The molecule has 0 saturated carbocycles. The second-order valence-electron chi connectivity index (χ2n) is 8.37. The lowest BCUT2D eigenvalue weighted by atomic mass is 10.2. The van der Waals surface area contributed by atoms with Crippen LogP contribution in [-0.4, -0.2) is 27.0 Å². The maximum absolute atomic E-state index is 12.1. The van der Waals surface area contributed by atoms with Crippen LogP contribution in [0.25, 0.3) is 0 Å². The Labute approximate surface area is 229 Å². The molecule has 0 saturated heterocycles. The van der Waals surface area contributed by atoms with Crippen molar-refractivity contribution in [1.82, 2.24) is 9.44 Å². The zero-order chi connectivity index (χ0) is 29.5. The van der Waals surface area contributed by atoms with Crippen molar-refractivity contribution in [2.45, 2.75) is 36.7 Å². The molecule has 212 valence electrons. The molecule has 4 aromatic rings. The van der Waals surface area contributed by atoms with Gasteiger partial charge >= 0.3 is 0 Å². The van der Waals surface area contributed by atoms with Crippen molar-refractivity contribution in [3.05, 3.63) is 116 Å². The molecule has 2 aromatic heterocycles. The Kier molecular flexibility index (Phi) is 9.65. The van der Waals surface area contributed by atoms with Crippen LogP contribution in [-0.2, 0) is 33.1 Å². The summed E-state index contributed by atoms with van der Waals surface area (Å²) in [5.74, 6) is -0.805. The number of hydrogen-bond acceptors (Lipinski definition) is 10. The third kappa shape index (κ3) is 7.89. The summed E-state index contributed by atoms with van der Waals surface area (Å²) in [4.78, 5) is 22.7. The molecule has 4 rings (SSSR count). The van der Waals surface area contributed by atoms with E-state index in [0.29, 0.717) is 11.1 Å². The summed E-state index contributed by atoms with van der Waals surface area (Å²) in [6, 6.07) is 15.2. The maximum atomic E-state index is 12.1. The molecule has 40 heavy (non-hydrogen) atoms. The van der Waals surface area contributed by atoms with E-state index < -0.39 is 42.4 Å². The van der Waals surface area contributed by atoms with Gasteiger partial charge in [0.05, 0.1) is 22.9 Å². The Bertz CT molecular complexity index is 1690. The zero-order valence-corrected chi connectivity index (χ0v) is 23.0. The van der Waals surface area contributed by atoms with Gasteiger partial charge in [-0.25, -0.2) is 26.3 Å². The van der Waals surface area contributed by atoms with Gasteiger partial charge < -0.3 is 19.0 Å². The monoisotopic (exact) mass is 590 g/mol. The van der Waals surface area contributed by atoms with Crippen LogP contribution in [0.3, 0.4) is 0 Å². The number of aromatic hydroxyl groups is 2. The van der Waals surface area contributed by atoms with Gasteiger partial charge in [-0.05, 0) is 37.1 Å². The Hall–Kier alpha value is -4.24. The van der Waals surface area contributed by atoms with Gasteiger partial charge in [-0.2, -0.15) is 0 Å². The second-order valence-corrected chi connectivity index (χ2v) is 11.8. The van der Waals surface area contributed by atoms with Crippen LogP contribution in [0, 0.1) is 13.8 Å². The van der Waals surface area contributed by atoms with E-state index in [4.69, 9.17) is 19.0 Å². The third-order valence-corrected chi connectivity index (χ3v) is 8.49.